The Morgan fingerprint density at radius 1 is 1.19 bits per heavy atom. The quantitative estimate of drug-likeness (QED) is 0.446. The first-order valence-electron chi connectivity index (χ1n) is 8.21. The Kier molecular flexibility index (Phi) is 4.17. The zero-order valence-corrected chi connectivity index (χ0v) is 14.0. The van der Waals surface area contributed by atoms with Gasteiger partial charge in [-0.25, -0.2) is 5.43 Å². The SMILES string of the molecule is C=C1C=CC(=O)N1CCC1(C(=O)NN=C2CC(C(=O)O)(C(=O)O)C2)CC1. The molecule has 2 aliphatic carbocycles. The summed E-state index contributed by atoms with van der Waals surface area (Å²) in [6, 6.07) is 0. The molecule has 0 atom stereocenters. The van der Waals surface area contributed by atoms with Gasteiger partial charge in [0.25, 0.3) is 5.91 Å². The summed E-state index contributed by atoms with van der Waals surface area (Å²) >= 11 is 0. The second-order valence-electron chi connectivity index (χ2n) is 7.01. The molecule has 0 bridgehead atoms. The van der Waals surface area contributed by atoms with Crippen LogP contribution in [0.5, 0.6) is 0 Å². The van der Waals surface area contributed by atoms with E-state index in [0.29, 0.717) is 37.2 Å². The van der Waals surface area contributed by atoms with Crippen LogP contribution >= 0.6 is 0 Å². The normalized spacial score (nSPS) is 22.0. The maximum atomic E-state index is 12.4. The molecule has 0 radical (unpaired) electrons. The number of rotatable bonds is 7. The molecule has 0 unspecified atom stereocenters. The number of carbonyl (C=O) groups excluding carboxylic acids is 2. The molecule has 2 fully saturated rings. The third-order valence-corrected chi connectivity index (χ3v) is 5.33. The molecule has 26 heavy (non-hydrogen) atoms. The van der Waals surface area contributed by atoms with E-state index in [0.717, 1.165) is 0 Å². The topological polar surface area (TPSA) is 136 Å². The number of nitrogens with one attached hydrogen (secondary N) is 1. The van der Waals surface area contributed by atoms with Gasteiger partial charge < -0.3 is 15.1 Å². The first kappa shape index (κ1) is 17.8. The fraction of sp³-hybridized carbons (Fsp3) is 0.471. The number of nitrogens with zero attached hydrogens (tertiary/aromatic N) is 2. The smallest absolute Gasteiger partial charge is 0.321 e. The number of aliphatic carboxylic acids is 2. The van der Waals surface area contributed by atoms with Gasteiger partial charge in [0, 0.05) is 36.9 Å². The van der Waals surface area contributed by atoms with Crippen molar-refractivity contribution >= 4 is 29.5 Å². The van der Waals surface area contributed by atoms with Crippen molar-refractivity contribution in [1.29, 1.82) is 0 Å². The molecule has 0 saturated heterocycles. The fourth-order valence-electron chi connectivity index (χ4n) is 3.18. The Morgan fingerprint density at radius 3 is 2.27 bits per heavy atom. The number of amides is 2. The van der Waals surface area contributed by atoms with E-state index < -0.39 is 22.8 Å². The summed E-state index contributed by atoms with van der Waals surface area (Å²) in [5, 5.41) is 22.0. The lowest BCUT2D eigenvalue weighted by atomic mass is 9.67. The minimum absolute atomic E-state index is 0.153. The first-order valence-corrected chi connectivity index (χ1v) is 8.21. The van der Waals surface area contributed by atoms with Crippen molar-refractivity contribution in [3.05, 3.63) is 24.4 Å². The van der Waals surface area contributed by atoms with Crippen molar-refractivity contribution in [3.8, 4) is 0 Å². The number of hydrogen-bond acceptors (Lipinski definition) is 5. The van der Waals surface area contributed by atoms with Crippen LogP contribution in [0.15, 0.2) is 29.5 Å². The highest BCUT2D eigenvalue weighted by atomic mass is 16.4. The lowest BCUT2D eigenvalue weighted by Gasteiger charge is -2.34. The summed E-state index contributed by atoms with van der Waals surface area (Å²) in [6.07, 6.45) is 4.45. The van der Waals surface area contributed by atoms with Crippen molar-refractivity contribution in [2.75, 3.05) is 6.54 Å². The Hall–Kier alpha value is -2.97. The molecule has 3 N–H and O–H groups in total. The van der Waals surface area contributed by atoms with Crippen LogP contribution in [-0.2, 0) is 19.2 Å². The summed E-state index contributed by atoms with van der Waals surface area (Å²) in [5.74, 6) is -3.26. The van der Waals surface area contributed by atoms with E-state index in [2.05, 4.69) is 17.1 Å². The highest BCUT2D eigenvalue weighted by molar-refractivity contribution is 6.12. The number of hydrogen-bond donors (Lipinski definition) is 3. The summed E-state index contributed by atoms with van der Waals surface area (Å²) in [4.78, 5) is 47.8. The standard InChI is InChI=1S/C17H19N3O6/c1-10-2-3-12(21)20(10)7-6-16(4-5-16)13(22)19-18-11-8-17(9-11,14(23)24)15(25)26/h2-3H,1,4-9H2,(H,19,22)(H,23,24)(H,25,26). The van der Waals surface area contributed by atoms with Crippen LogP contribution in [0.2, 0.25) is 0 Å². The molecule has 0 aromatic heterocycles. The molecule has 3 rings (SSSR count). The number of carbonyl (C=O) groups is 4. The molecule has 2 saturated carbocycles. The van der Waals surface area contributed by atoms with E-state index in [1.165, 1.54) is 11.0 Å². The van der Waals surface area contributed by atoms with Gasteiger partial charge in [0.1, 0.15) is 0 Å². The highest BCUT2D eigenvalue weighted by Crippen LogP contribution is 2.49. The average molecular weight is 361 g/mol. The number of carboxylic acid groups (broad SMARTS) is 2. The monoisotopic (exact) mass is 361 g/mol. The van der Waals surface area contributed by atoms with E-state index in [1.807, 2.05) is 0 Å². The van der Waals surface area contributed by atoms with Crippen molar-refractivity contribution in [1.82, 2.24) is 10.3 Å². The van der Waals surface area contributed by atoms with Gasteiger partial charge >= 0.3 is 11.9 Å². The van der Waals surface area contributed by atoms with Gasteiger partial charge in [-0.05, 0) is 25.3 Å². The first-order chi connectivity index (χ1) is 12.2. The molecule has 0 aromatic carbocycles. The molecule has 3 aliphatic rings. The summed E-state index contributed by atoms with van der Waals surface area (Å²) in [5.41, 5.74) is 0.926. The molecule has 1 aliphatic heterocycles. The van der Waals surface area contributed by atoms with E-state index in [4.69, 9.17) is 10.2 Å². The maximum Gasteiger partial charge on any atom is 0.321 e. The number of allylic oxidation sites excluding steroid dienone is 1. The molecule has 0 aromatic rings. The molecular weight excluding hydrogens is 342 g/mol. The lowest BCUT2D eigenvalue weighted by Crippen LogP contribution is -2.51. The van der Waals surface area contributed by atoms with Crippen molar-refractivity contribution in [2.45, 2.75) is 32.1 Å². The average Bonchev–Trinajstić information content (AvgIpc) is 3.25. The van der Waals surface area contributed by atoms with E-state index >= 15 is 0 Å². The van der Waals surface area contributed by atoms with Crippen molar-refractivity contribution in [3.63, 3.8) is 0 Å². The lowest BCUT2D eigenvalue weighted by molar-refractivity contribution is -0.165. The molecule has 2 amide bonds. The van der Waals surface area contributed by atoms with E-state index in [9.17, 15) is 19.2 Å². The van der Waals surface area contributed by atoms with Crippen molar-refractivity contribution in [2.24, 2.45) is 15.9 Å². The number of hydrazone groups is 1. The van der Waals surface area contributed by atoms with Gasteiger partial charge in [0.15, 0.2) is 5.41 Å². The Labute approximate surface area is 149 Å². The Bertz CT molecular complexity index is 735. The van der Waals surface area contributed by atoms with Gasteiger partial charge in [-0.15, -0.1) is 0 Å². The van der Waals surface area contributed by atoms with Crippen molar-refractivity contribution < 1.29 is 29.4 Å². The van der Waals surface area contributed by atoms with Gasteiger partial charge in [-0.3, -0.25) is 19.2 Å². The largest absolute Gasteiger partial charge is 0.480 e. The molecule has 9 heteroatoms. The van der Waals surface area contributed by atoms with Gasteiger partial charge in [-0.1, -0.05) is 6.58 Å². The van der Waals surface area contributed by atoms with Crippen LogP contribution in [0, 0.1) is 10.8 Å². The molecule has 1 heterocycles. The molecule has 138 valence electrons. The predicted molar refractivity (Wildman–Crippen MR) is 88.8 cm³/mol. The van der Waals surface area contributed by atoms with E-state index in [1.54, 1.807) is 6.08 Å². The van der Waals surface area contributed by atoms with E-state index in [-0.39, 0.29) is 24.7 Å². The third-order valence-electron chi connectivity index (χ3n) is 5.33. The molecule has 9 nitrogen and oxygen atoms in total. The maximum absolute atomic E-state index is 12.4. The summed E-state index contributed by atoms with van der Waals surface area (Å²) in [7, 11) is 0. The van der Waals surface area contributed by atoms with Crippen LogP contribution in [0.1, 0.15) is 32.1 Å². The molecule has 0 spiro atoms. The summed E-state index contributed by atoms with van der Waals surface area (Å²) in [6.45, 7) is 4.16. The van der Waals surface area contributed by atoms with Crippen LogP contribution < -0.4 is 5.43 Å². The van der Waals surface area contributed by atoms with Gasteiger partial charge in [0.05, 0.1) is 5.41 Å². The number of carboxylic acids is 2. The zero-order valence-electron chi connectivity index (χ0n) is 14.0. The second-order valence-corrected chi connectivity index (χ2v) is 7.01. The third kappa shape index (κ3) is 2.89. The van der Waals surface area contributed by atoms with Gasteiger partial charge in [0.2, 0.25) is 5.91 Å². The zero-order chi connectivity index (χ0) is 19.1. The van der Waals surface area contributed by atoms with Crippen LogP contribution in [0.25, 0.3) is 0 Å². The Morgan fingerprint density at radius 2 is 1.81 bits per heavy atom. The minimum Gasteiger partial charge on any atom is -0.480 e. The highest BCUT2D eigenvalue weighted by Gasteiger charge is 2.56. The fourth-order valence-corrected chi connectivity index (χ4v) is 3.18. The minimum atomic E-state index is -1.84. The van der Waals surface area contributed by atoms with Crippen LogP contribution in [0.4, 0.5) is 0 Å². The Balaban J connectivity index is 1.53. The molecular formula is C17H19N3O6. The van der Waals surface area contributed by atoms with Crippen LogP contribution in [0.3, 0.4) is 0 Å². The predicted octanol–water partition coefficient (Wildman–Crippen LogP) is 0.490. The summed E-state index contributed by atoms with van der Waals surface area (Å²) < 4.78 is 0. The van der Waals surface area contributed by atoms with Gasteiger partial charge in [-0.2, -0.15) is 5.10 Å². The van der Waals surface area contributed by atoms with Crippen LogP contribution in [-0.4, -0.2) is 51.1 Å². The second kappa shape index (κ2) is 6.08.